The maximum Gasteiger partial charge on any atom is 0.119 e. The second-order valence-corrected chi connectivity index (χ2v) is 5.06. The fraction of sp³-hybridized carbons (Fsp3) is 0.200. The van der Waals surface area contributed by atoms with Gasteiger partial charge in [-0.1, -0.05) is 66.8 Å². The Bertz CT molecular complexity index is 563. The molecule has 0 aromatic heterocycles. The number of hydrogen-bond acceptors (Lipinski definition) is 2. The fourth-order valence-electron chi connectivity index (χ4n) is 2.18. The van der Waals surface area contributed by atoms with E-state index in [1.165, 1.54) is 5.56 Å². The van der Waals surface area contributed by atoms with Crippen LogP contribution in [0.15, 0.2) is 85.5 Å². The van der Waals surface area contributed by atoms with Crippen LogP contribution in [0, 0.1) is 0 Å². The molecule has 0 aliphatic rings. The Morgan fingerprint density at radius 1 is 0.864 bits per heavy atom. The molecule has 114 valence electrons. The van der Waals surface area contributed by atoms with Gasteiger partial charge in [-0.05, 0) is 17.7 Å². The summed E-state index contributed by atoms with van der Waals surface area (Å²) in [7, 11) is 0. The van der Waals surface area contributed by atoms with E-state index in [9.17, 15) is 0 Å². The summed E-state index contributed by atoms with van der Waals surface area (Å²) in [5.41, 5.74) is 1.32. The Labute approximate surface area is 133 Å². The summed E-state index contributed by atoms with van der Waals surface area (Å²) in [5.74, 6) is 0.902. The summed E-state index contributed by atoms with van der Waals surface area (Å²) in [5, 5.41) is 0. The van der Waals surface area contributed by atoms with Gasteiger partial charge in [-0.15, -0.1) is 6.58 Å². The van der Waals surface area contributed by atoms with Crippen molar-refractivity contribution in [1.82, 2.24) is 4.90 Å². The van der Waals surface area contributed by atoms with Gasteiger partial charge in [0.15, 0.2) is 0 Å². The van der Waals surface area contributed by atoms with Gasteiger partial charge < -0.3 is 4.74 Å². The molecule has 0 fully saturated rings. The molecule has 0 unspecified atom stereocenters. The van der Waals surface area contributed by atoms with Crippen molar-refractivity contribution in [2.75, 3.05) is 19.7 Å². The van der Waals surface area contributed by atoms with E-state index in [2.05, 4.69) is 47.9 Å². The molecular formula is C20H23NO. The standard InChI is InChI=1S/C20H23NO/c1-2-15-21(18-19-11-5-3-6-12-19)16-9-10-17-22-20-13-7-4-8-14-20/h2-14H,1,15-18H2/b10-9+. The Kier molecular flexibility index (Phi) is 7.00. The third-order valence-electron chi connectivity index (χ3n) is 3.26. The quantitative estimate of drug-likeness (QED) is 0.639. The predicted octanol–water partition coefficient (Wildman–Crippen LogP) is 4.31. The van der Waals surface area contributed by atoms with Crippen LogP contribution in [0.2, 0.25) is 0 Å². The van der Waals surface area contributed by atoms with Crippen molar-refractivity contribution in [3.8, 4) is 5.75 Å². The van der Waals surface area contributed by atoms with Crippen LogP contribution in [0.5, 0.6) is 5.75 Å². The molecule has 0 saturated heterocycles. The van der Waals surface area contributed by atoms with Crippen LogP contribution >= 0.6 is 0 Å². The number of hydrogen-bond donors (Lipinski definition) is 0. The molecule has 0 spiro atoms. The average molecular weight is 293 g/mol. The first-order valence-corrected chi connectivity index (χ1v) is 7.58. The molecule has 2 heteroatoms. The van der Waals surface area contributed by atoms with Gasteiger partial charge in [0.2, 0.25) is 0 Å². The van der Waals surface area contributed by atoms with Crippen molar-refractivity contribution < 1.29 is 4.74 Å². The summed E-state index contributed by atoms with van der Waals surface area (Å²) in [6.45, 7) is 7.12. The molecule has 2 aromatic rings. The van der Waals surface area contributed by atoms with E-state index >= 15 is 0 Å². The third kappa shape index (κ3) is 5.98. The van der Waals surface area contributed by atoms with Crippen LogP contribution < -0.4 is 4.74 Å². The average Bonchev–Trinajstić information content (AvgIpc) is 2.56. The molecule has 0 N–H and O–H groups in total. The number of para-hydroxylation sites is 1. The van der Waals surface area contributed by atoms with Crippen molar-refractivity contribution in [2.45, 2.75) is 6.54 Å². The molecule has 22 heavy (non-hydrogen) atoms. The second kappa shape index (κ2) is 9.59. The van der Waals surface area contributed by atoms with E-state index in [0.29, 0.717) is 6.61 Å². The Hall–Kier alpha value is -2.32. The van der Waals surface area contributed by atoms with Crippen LogP contribution in [0.25, 0.3) is 0 Å². The Morgan fingerprint density at radius 3 is 2.23 bits per heavy atom. The molecule has 0 atom stereocenters. The topological polar surface area (TPSA) is 12.5 Å². The van der Waals surface area contributed by atoms with Crippen molar-refractivity contribution in [3.63, 3.8) is 0 Å². The smallest absolute Gasteiger partial charge is 0.119 e. The normalized spacial score (nSPS) is 11.0. The lowest BCUT2D eigenvalue weighted by Crippen LogP contribution is -2.23. The highest BCUT2D eigenvalue weighted by atomic mass is 16.5. The molecule has 0 aliphatic carbocycles. The SMILES string of the molecule is C=CCN(C/C=C/COc1ccccc1)Cc1ccccc1. The number of rotatable bonds is 9. The highest BCUT2D eigenvalue weighted by Gasteiger charge is 2.01. The van der Waals surface area contributed by atoms with Crippen LogP contribution in [0.4, 0.5) is 0 Å². The minimum absolute atomic E-state index is 0.595. The molecule has 0 heterocycles. The maximum absolute atomic E-state index is 5.64. The number of nitrogens with zero attached hydrogens (tertiary/aromatic N) is 1. The lowest BCUT2D eigenvalue weighted by Gasteiger charge is -2.18. The third-order valence-corrected chi connectivity index (χ3v) is 3.26. The van der Waals surface area contributed by atoms with Crippen LogP contribution in [-0.2, 0) is 6.54 Å². The first-order chi connectivity index (χ1) is 10.9. The largest absolute Gasteiger partial charge is 0.490 e. The zero-order chi connectivity index (χ0) is 15.5. The Morgan fingerprint density at radius 2 is 1.55 bits per heavy atom. The number of ether oxygens (including phenoxy) is 1. The minimum atomic E-state index is 0.595. The van der Waals surface area contributed by atoms with Gasteiger partial charge in [-0.2, -0.15) is 0 Å². The van der Waals surface area contributed by atoms with E-state index in [1.54, 1.807) is 0 Å². The first kappa shape index (κ1) is 16.1. The summed E-state index contributed by atoms with van der Waals surface area (Å²) in [6, 6.07) is 20.4. The molecule has 2 rings (SSSR count). The zero-order valence-corrected chi connectivity index (χ0v) is 12.9. The monoisotopic (exact) mass is 293 g/mol. The van der Waals surface area contributed by atoms with E-state index in [-0.39, 0.29) is 0 Å². The van der Waals surface area contributed by atoms with Crippen LogP contribution in [0.1, 0.15) is 5.56 Å². The minimum Gasteiger partial charge on any atom is -0.490 e. The van der Waals surface area contributed by atoms with Crippen LogP contribution in [0.3, 0.4) is 0 Å². The van der Waals surface area contributed by atoms with E-state index in [0.717, 1.165) is 25.4 Å². The molecule has 0 amide bonds. The van der Waals surface area contributed by atoms with Gasteiger partial charge in [0.25, 0.3) is 0 Å². The van der Waals surface area contributed by atoms with Crippen molar-refractivity contribution in [1.29, 1.82) is 0 Å². The van der Waals surface area contributed by atoms with E-state index in [4.69, 9.17) is 4.74 Å². The van der Waals surface area contributed by atoms with Gasteiger partial charge in [-0.3, -0.25) is 4.90 Å². The van der Waals surface area contributed by atoms with E-state index in [1.807, 2.05) is 42.5 Å². The molecule has 2 nitrogen and oxygen atoms in total. The lowest BCUT2D eigenvalue weighted by atomic mass is 10.2. The molecule has 0 aliphatic heterocycles. The van der Waals surface area contributed by atoms with Gasteiger partial charge in [-0.25, -0.2) is 0 Å². The van der Waals surface area contributed by atoms with Crippen LogP contribution in [-0.4, -0.2) is 24.6 Å². The molecule has 0 bridgehead atoms. The molecule has 0 saturated carbocycles. The lowest BCUT2D eigenvalue weighted by molar-refractivity contribution is 0.325. The second-order valence-electron chi connectivity index (χ2n) is 5.06. The molecule has 0 radical (unpaired) electrons. The predicted molar refractivity (Wildman–Crippen MR) is 93.0 cm³/mol. The zero-order valence-electron chi connectivity index (χ0n) is 12.9. The van der Waals surface area contributed by atoms with Gasteiger partial charge in [0.1, 0.15) is 12.4 Å². The maximum atomic E-state index is 5.64. The first-order valence-electron chi connectivity index (χ1n) is 7.58. The summed E-state index contributed by atoms with van der Waals surface area (Å²) in [4.78, 5) is 2.33. The van der Waals surface area contributed by atoms with Gasteiger partial charge in [0.05, 0.1) is 0 Å². The summed E-state index contributed by atoms with van der Waals surface area (Å²) < 4.78 is 5.64. The van der Waals surface area contributed by atoms with Gasteiger partial charge in [0, 0.05) is 19.6 Å². The highest BCUT2D eigenvalue weighted by molar-refractivity contribution is 5.21. The number of benzene rings is 2. The Balaban J connectivity index is 1.76. The molecular weight excluding hydrogens is 270 g/mol. The van der Waals surface area contributed by atoms with Gasteiger partial charge >= 0.3 is 0 Å². The van der Waals surface area contributed by atoms with Crippen molar-refractivity contribution in [3.05, 3.63) is 91.0 Å². The summed E-state index contributed by atoms with van der Waals surface area (Å²) >= 11 is 0. The fourth-order valence-corrected chi connectivity index (χ4v) is 2.18. The van der Waals surface area contributed by atoms with Crippen molar-refractivity contribution in [2.24, 2.45) is 0 Å². The molecule has 2 aromatic carbocycles. The van der Waals surface area contributed by atoms with E-state index < -0.39 is 0 Å². The highest BCUT2D eigenvalue weighted by Crippen LogP contribution is 2.08. The summed E-state index contributed by atoms with van der Waals surface area (Å²) in [6.07, 6.45) is 6.15. The van der Waals surface area contributed by atoms with Crippen molar-refractivity contribution >= 4 is 0 Å².